The molecule has 8 heteroatoms. The molecule has 3 rings (SSSR count). The first-order valence-corrected chi connectivity index (χ1v) is 10.3. The van der Waals surface area contributed by atoms with Crippen LogP contribution in [0.5, 0.6) is 0 Å². The summed E-state index contributed by atoms with van der Waals surface area (Å²) in [6.45, 7) is 7.67. The number of hydrogen-bond acceptors (Lipinski definition) is 8. The Morgan fingerprint density at radius 1 is 0.906 bits per heavy atom. The van der Waals surface area contributed by atoms with E-state index in [0.29, 0.717) is 6.42 Å². The number of ketones is 2. The Hall–Kier alpha value is -2.10. The van der Waals surface area contributed by atoms with Crippen molar-refractivity contribution in [3.05, 3.63) is 48.8 Å². The van der Waals surface area contributed by atoms with Crippen LogP contribution in [0, 0.1) is 5.41 Å². The van der Waals surface area contributed by atoms with E-state index in [1.54, 1.807) is 24.3 Å². The van der Waals surface area contributed by atoms with Gasteiger partial charge in [0.15, 0.2) is 22.6 Å². The third kappa shape index (κ3) is 2.34. The molecule has 0 amide bonds. The standard InChI is InChI=1S/C24H32O8/c1-9-11-16-13-21(28-4,19(26)22(14-16,29-5)30-6)24(32-8)20(12-10-2)15-17(27-3)18(25)23(20,24)31-7/h9-10,14-15H,1-2,11-13H2,3-8H3. The van der Waals surface area contributed by atoms with Crippen LogP contribution < -0.4 is 0 Å². The molecule has 32 heavy (non-hydrogen) atoms. The summed E-state index contributed by atoms with van der Waals surface area (Å²) in [6, 6.07) is 0. The Morgan fingerprint density at radius 3 is 2.00 bits per heavy atom. The van der Waals surface area contributed by atoms with Crippen molar-refractivity contribution in [1.82, 2.24) is 0 Å². The minimum absolute atomic E-state index is 0.129. The number of hydrogen-bond donors (Lipinski definition) is 0. The van der Waals surface area contributed by atoms with E-state index in [1.807, 2.05) is 0 Å². The summed E-state index contributed by atoms with van der Waals surface area (Å²) >= 11 is 0. The van der Waals surface area contributed by atoms with Gasteiger partial charge in [-0.3, -0.25) is 9.59 Å². The smallest absolute Gasteiger partial charge is 0.252 e. The van der Waals surface area contributed by atoms with Crippen LogP contribution in [-0.2, 0) is 38.0 Å². The van der Waals surface area contributed by atoms with Crippen LogP contribution in [0.2, 0.25) is 0 Å². The summed E-state index contributed by atoms with van der Waals surface area (Å²) in [5.41, 5.74) is -5.10. The SMILES string of the molecule is C=CCC1=CC(OC)(OC)C(=O)C(OC)(C2(OC)C3(CC=C)C=C(OC)C(=O)C32OC)C1. The number of rotatable bonds is 11. The highest BCUT2D eigenvalue weighted by Crippen LogP contribution is 2.80. The van der Waals surface area contributed by atoms with Gasteiger partial charge >= 0.3 is 0 Å². The predicted molar refractivity (Wildman–Crippen MR) is 116 cm³/mol. The monoisotopic (exact) mass is 448 g/mol. The molecular weight excluding hydrogens is 416 g/mol. The second-order valence-corrected chi connectivity index (χ2v) is 8.18. The Balaban J connectivity index is 2.38. The van der Waals surface area contributed by atoms with Crippen molar-refractivity contribution in [3.63, 3.8) is 0 Å². The van der Waals surface area contributed by atoms with Crippen LogP contribution in [0.3, 0.4) is 0 Å². The molecule has 0 aromatic carbocycles. The van der Waals surface area contributed by atoms with E-state index in [1.165, 1.54) is 42.7 Å². The third-order valence-electron chi connectivity index (χ3n) is 7.39. The fourth-order valence-electron chi connectivity index (χ4n) is 6.26. The summed E-state index contributed by atoms with van der Waals surface area (Å²) in [7, 11) is 8.44. The number of methoxy groups -OCH3 is 6. The van der Waals surface area contributed by atoms with E-state index in [9.17, 15) is 9.59 Å². The lowest BCUT2D eigenvalue weighted by molar-refractivity contribution is -0.231. The molecule has 0 N–H and O–H groups in total. The zero-order valence-electron chi connectivity index (χ0n) is 19.6. The van der Waals surface area contributed by atoms with Crippen molar-refractivity contribution >= 4 is 11.6 Å². The lowest BCUT2D eigenvalue weighted by Gasteiger charge is -2.48. The average molecular weight is 449 g/mol. The number of fused-ring (bicyclic) bond motifs is 1. The van der Waals surface area contributed by atoms with Gasteiger partial charge in [0.2, 0.25) is 11.6 Å². The molecule has 0 aromatic rings. The lowest BCUT2D eigenvalue weighted by Crippen LogP contribution is -2.68. The van der Waals surface area contributed by atoms with Crippen molar-refractivity contribution in [2.24, 2.45) is 5.41 Å². The average Bonchev–Trinajstić information content (AvgIpc) is 3.23. The van der Waals surface area contributed by atoms with Gasteiger partial charge in [-0.25, -0.2) is 0 Å². The zero-order chi connectivity index (χ0) is 24.0. The minimum Gasteiger partial charge on any atom is -0.493 e. The van der Waals surface area contributed by atoms with Crippen LogP contribution in [-0.4, -0.2) is 76.8 Å². The molecule has 1 saturated carbocycles. The first kappa shape index (κ1) is 24.5. The Labute approximate surface area is 188 Å². The van der Waals surface area contributed by atoms with Crippen molar-refractivity contribution in [3.8, 4) is 0 Å². The molecule has 3 aliphatic rings. The quantitative estimate of drug-likeness (QED) is 0.351. The number of Topliss-reactive ketones (excluding diaryl/α,β-unsaturated/α-hetero) is 2. The second kappa shape index (κ2) is 8.04. The van der Waals surface area contributed by atoms with E-state index >= 15 is 0 Å². The van der Waals surface area contributed by atoms with Gasteiger partial charge in [-0.05, 0) is 25.0 Å². The number of ether oxygens (including phenoxy) is 6. The summed E-state index contributed by atoms with van der Waals surface area (Å²) in [5.74, 6) is -2.55. The molecule has 0 aromatic heterocycles. The van der Waals surface area contributed by atoms with Gasteiger partial charge in [0.05, 0.1) is 12.5 Å². The van der Waals surface area contributed by atoms with Crippen LogP contribution in [0.4, 0.5) is 0 Å². The van der Waals surface area contributed by atoms with Crippen LogP contribution >= 0.6 is 0 Å². The van der Waals surface area contributed by atoms with Gasteiger partial charge in [0.1, 0.15) is 0 Å². The Kier molecular flexibility index (Phi) is 6.16. The maximum absolute atomic E-state index is 14.2. The van der Waals surface area contributed by atoms with Gasteiger partial charge < -0.3 is 28.4 Å². The molecule has 3 aliphatic carbocycles. The molecule has 0 aliphatic heterocycles. The topological polar surface area (TPSA) is 89.5 Å². The number of carbonyl (C=O) groups excluding carboxylic acids is 2. The van der Waals surface area contributed by atoms with Crippen molar-refractivity contribution in [2.45, 2.75) is 41.9 Å². The molecular formula is C24H32O8. The molecule has 8 nitrogen and oxygen atoms in total. The highest BCUT2D eigenvalue weighted by molar-refractivity contribution is 6.13. The zero-order valence-corrected chi connectivity index (χ0v) is 19.6. The fraction of sp³-hybridized carbons (Fsp3) is 0.583. The summed E-state index contributed by atoms with van der Waals surface area (Å²) in [5, 5.41) is 0. The molecule has 176 valence electrons. The summed E-state index contributed by atoms with van der Waals surface area (Å²) in [4.78, 5) is 27.8. The largest absolute Gasteiger partial charge is 0.493 e. The van der Waals surface area contributed by atoms with E-state index in [0.717, 1.165) is 5.57 Å². The normalized spacial score (nSPS) is 37.4. The fourth-order valence-corrected chi connectivity index (χ4v) is 6.26. The lowest BCUT2D eigenvalue weighted by atomic mass is 9.70. The Bertz CT molecular complexity index is 900. The number of carbonyl (C=O) groups is 2. The maximum Gasteiger partial charge on any atom is 0.252 e. The maximum atomic E-state index is 14.2. The van der Waals surface area contributed by atoms with Crippen LogP contribution in [0.25, 0.3) is 0 Å². The summed E-state index contributed by atoms with van der Waals surface area (Å²) < 4.78 is 34.6. The molecule has 4 atom stereocenters. The predicted octanol–water partition coefficient (Wildman–Crippen LogP) is 2.30. The first-order valence-electron chi connectivity index (χ1n) is 10.3. The van der Waals surface area contributed by atoms with E-state index in [4.69, 9.17) is 28.4 Å². The van der Waals surface area contributed by atoms with Crippen molar-refractivity contribution in [1.29, 1.82) is 0 Å². The third-order valence-corrected chi connectivity index (χ3v) is 7.39. The van der Waals surface area contributed by atoms with Crippen molar-refractivity contribution in [2.75, 3.05) is 42.7 Å². The number of allylic oxidation sites excluding steroid dienone is 2. The van der Waals surface area contributed by atoms with E-state index in [2.05, 4.69) is 13.2 Å². The van der Waals surface area contributed by atoms with Crippen molar-refractivity contribution < 1.29 is 38.0 Å². The highest BCUT2D eigenvalue weighted by atomic mass is 16.7. The van der Waals surface area contributed by atoms with Crippen LogP contribution in [0.15, 0.2) is 48.8 Å². The highest BCUT2D eigenvalue weighted by Gasteiger charge is 3.01. The molecule has 0 spiro atoms. The van der Waals surface area contributed by atoms with Gasteiger partial charge in [0.25, 0.3) is 5.79 Å². The van der Waals surface area contributed by atoms with Gasteiger partial charge in [0, 0.05) is 42.0 Å². The van der Waals surface area contributed by atoms with E-state index in [-0.39, 0.29) is 18.6 Å². The van der Waals surface area contributed by atoms with Gasteiger partial charge in [-0.1, -0.05) is 17.7 Å². The first-order chi connectivity index (χ1) is 15.2. The summed E-state index contributed by atoms with van der Waals surface area (Å²) in [6.07, 6.45) is 7.54. The van der Waals surface area contributed by atoms with Crippen LogP contribution in [0.1, 0.15) is 19.3 Å². The molecule has 1 fully saturated rings. The molecule has 0 bridgehead atoms. The molecule has 0 radical (unpaired) electrons. The van der Waals surface area contributed by atoms with E-state index < -0.39 is 39.6 Å². The van der Waals surface area contributed by atoms with Gasteiger partial charge in [-0.15, -0.1) is 13.2 Å². The molecule has 0 saturated heterocycles. The molecule has 4 unspecified atom stereocenters. The van der Waals surface area contributed by atoms with Gasteiger partial charge in [-0.2, -0.15) is 0 Å². The minimum atomic E-state index is -1.74. The second-order valence-electron chi connectivity index (χ2n) is 8.18. The molecule has 0 heterocycles. The Morgan fingerprint density at radius 2 is 1.56 bits per heavy atom.